The van der Waals surface area contributed by atoms with E-state index in [2.05, 4.69) is 100 Å². The van der Waals surface area contributed by atoms with Gasteiger partial charge in [-0.1, -0.05) is 41.5 Å². The summed E-state index contributed by atoms with van der Waals surface area (Å²) in [7, 11) is 0. The number of fused-ring (bicyclic) bond motifs is 4. The molecule has 2 bridgehead atoms. The Morgan fingerprint density at radius 1 is 0.500 bits per heavy atom. The molecule has 1 aliphatic heterocycles. The number of hydrogen-bond donors (Lipinski definition) is 4. The number of benzene rings is 3. The largest absolute Gasteiger partial charge is 0.383 e. The molecule has 0 saturated heterocycles. The maximum Gasteiger partial charge on any atom is 0.0406 e. The zero-order valence-corrected chi connectivity index (χ0v) is 23.3. The van der Waals surface area contributed by atoms with Crippen LogP contribution < -0.4 is 21.3 Å². The Labute approximate surface area is 218 Å². The van der Waals surface area contributed by atoms with E-state index in [4.69, 9.17) is 0 Å². The van der Waals surface area contributed by atoms with Crippen molar-refractivity contribution in [1.82, 2.24) is 10.6 Å². The number of aryl methyl sites for hydroxylation is 6. The second kappa shape index (κ2) is 11.5. The van der Waals surface area contributed by atoms with Crippen LogP contribution in [0.25, 0.3) is 0 Å². The van der Waals surface area contributed by atoms with Gasteiger partial charge in [0.15, 0.2) is 0 Å². The van der Waals surface area contributed by atoms with Gasteiger partial charge in [0.2, 0.25) is 0 Å². The first-order valence-electron chi connectivity index (χ1n) is 13.4. The first-order chi connectivity index (χ1) is 17.2. The Bertz CT molecular complexity index is 1150. The van der Waals surface area contributed by atoms with Crippen molar-refractivity contribution in [3.8, 4) is 0 Å². The highest BCUT2D eigenvalue weighted by Crippen LogP contribution is 2.30. The van der Waals surface area contributed by atoms with E-state index in [0.717, 1.165) is 45.7 Å². The highest BCUT2D eigenvalue weighted by Gasteiger charge is 2.14. The first-order valence-corrected chi connectivity index (χ1v) is 13.4. The molecule has 0 fully saturated rings. The van der Waals surface area contributed by atoms with Crippen molar-refractivity contribution < 1.29 is 0 Å². The molecule has 4 heteroatoms. The van der Waals surface area contributed by atoms with Crippen LogP contribution in [0.3, 0.4) is 0 Å². The predicted octanol–water partition coefficient (Wildman–Crippen LogP) is 6.15. The third-order valence-electron chi connectivity index (χ3n) is 7.60. The quantitative estimate of drug-likeness (QED) is 0.309. The van der Waals surface area contributed by atoms with E-state index in [1.807, 2.05) is 0 Å². The molecule has 3 aromatic rings. The average molecular weight is 485 g/mol. The smallest absolute Gasteiger partial charge is 0.0406 e. The normalized spacial score (nSPS) is 15.1. The summed E-state index contributed by atoms with van der Waals surface area (Å²) >= 11 is 0. The van der Waals surface area contributed by atoms with E-state index in [9.17, 15) is 0 Å². The molecule has 1 heterocycles. The predicted molar refractivity (Wildman–Crippen MR) is 156 cm³/mol. The molecule has 4 nitrogen and oxygen atoms in total. The van der Waals surface area contributed by atoms with Gasteiger partial charge in [-0.2, -0.15) is 0 Å². The zero-order valence-electron chi connectivity index (χ0n) is 23.3. The third-order valence-corrected chi connectivity index (χ3v) is 7.60. The molecule has 0 atom stereocenters. The Morgan fingerprint density at radius 2 is 0.944 bits per heavy atom. The lowest BCUT2D eigenvalue weighted by atomic mass is 9.93. The minimum atomic E-state index is 0.896. The summed E-state index contributed by atoms with van der Waals surface area (Å²) in [6.07, 6.45) is 0.915. The SMILES string of the molecule is Cc1cc(C)c2c(c1)Cc1cc(C)cc(C)c1NCCNCc1c(C)cc(C)c(c1C)CNCCN2. The summed E-state index contributed by atoms with van der Waals surface area (Å²) < 4.78 is 0. The molecule has 4 N–H and O–H groups in total. The number of nitrogens with one attached hydrogen (secondary N) is 4. The highest BCUT2D eigenvalue weighted by molar-refractivity contribution is 5.65. The van der Waals surface area contributed by atoms with Crippen LogP contribution in [-0.4, -0.2) is 26.2 Å². The van der Waals surface area contributed by atoms with Gasteiger partial charge in [-0.05, 0) is 98.5 Å². The molecule has 36 heavy (non-hydrogen) atoms. The highest BCUT2D eigenvalue weighted by atomic mass is 15.0. The van der Waals surface area contributed by atoms with Crippen LogP contribution in [-0.2, 0) is 19.5 Å². The fourth-order valence-corrected chi connectivity index (χ4v) is 5.90. The minimum absolute atomic E-state index is 0.896. The van der Waals surface area contributed by atoms with Crippen LogP contribution in [0.2, 0.25) is 0 Å². The monoisotopic (exact) mass is 484 g/mol. The van der Waals surface area contributed by atoms with Gasteiger partial charge in [0, 0.05) is 57.1 Å². The lowest BCUT2D eigenvalue weighted by molar-refractivity contribution is 0.684. The summed E-state index contributed by atoms with van der Waals surface area (Å²) in [5, 5.41) is 14.9. The number of hydrogen-bond acceptors (Lipinski definition) is 4. The zero-order chi connectivity index (χ0) is 25.8. The topological polar surface area (TPSA) is 48.1 Å². The molecular formula is C32H44N4. The second-order valence-electron chi connectivity index (χ2n) is 10.7. The van der Waals surface area contributed by atoms with Gasteiger partial charge in [0.25, 0.3) is 0 Å². The summed E-state index contributed by atoms with van der Waals surface area (Å²) in [4.78, 5) is 0. The summed E-state index contributed by atoms with van der Waals surface area (Å²) in [6, 6.07) is 11.6. The maximum atomic E-state index is 3.78. The van der Waals surface area contributed by atoms with Crippen molar-refractivity contribution in [1.29, 1.82) is 0 Å². The van der Waals surface area contributed by atoms with Crippen LogP contribution in [0.15, 0.2) is 30.3 Å². The van der Waals surface area contributed by atoms with Crippen LogP contribution in [0.4, 0.5) is 11.4 Å². The van der Waals surface area contributed by atoms with Crippen LogP contribution in [0.1, 0.15) is 61.2 Å². The van der Waals surface area contributed by atoms with Gasteiger partial charge in [-0.3, -0.25) is 0 Å². The van der Waals surface area contributed by atoms with E-state index in [0.29, 0.717) is 0 Å². The molecule has 1 aliphatic rings. The first kappa shape index (κ1) is 26.2. The molecule has 4 rings (SSSR count). The molecule has 0 spiro atoms. The van der Waals surface area contributed by atoms with Gasteiger partial charge < -0.3 is 21.3 Å². The second-order valence-corrected chi connectivity index (χ2v) is 10.7. The van der Waals surface area contributed by atoms with Crippen molar-refractivity contribution in [3.63, 3.8) is 0 Å². The number of anilines is 2. The maximum absolute atomic E-state index is 3.78. The molecule has 3 aromatic carbocycles. The van der Waals surface area contributed by atoms with Crippen molar-refractivity contribution in [3.05, 3.63) is 91.5 Å². The van der Waals surface area contributed by atoms with Crippen LogP contribution >= 0.6 is 0 Å². The Morgan fingerprint density at radius 3 is 1.39 bits per heavy atom. The lowest BCUT2D eigenvalue weighted by Crippen LogP contribution is -2.25. The molecule has 0 radical (unpaired) electrons. The summed E-state index contributed by atoms with van der Waals surface area (Å²) in [6.45, 7) is 21.1. The molecule has 0 amide bonds. The fraction of sp³-hybridized carbons (Fsp3) is 0.438. The molecule has 0 saturated carbocycles. The Balaban J connectivity index is 1.68. The lowest BCUT2D eigenvalue weighted by Gasteiger charge is -2.22. The minimum Gasteiger partial charge on any atom is -0.383 e. The molecule has 0 aliphatic carbocycles. The van der Waals surface area contributed by atoms with Gasteiger partial charge >= 0.3 is 0 Å². The van der Waals surface area contributed by atoms with E-state index in [1.54, 1.807) is 0 Å². The van der Waals surface area contributed by atoms with E-state index in [-0.39, 0.29) is 0 Å². The van der Waals surface area contributed by atoms with E-state index in [1.165, 1.54) is 72.6 Å². The molecular weight excluding hydrogens is 440 g/mol. The van der Waals surface area contributed by atoms with Crippen molar-refractivity contribution in [2.75, 3.05) is 36.8 Å². The Kier molecular flexibility index (Phi) is 8.38. The van der Waals surface area contributed by atoms with Crippen LogP contribution in [0.5, 0.6) is 0 Å². The van der Waals surface area contributed by atoms with E-state index < -0.39 is 0 Å². The van der Waals surface area contributed by atoms with Gasteiger partial charge in [0.05, 0.1) is 0 Å². The molecule has 0 aromatic heterocycles. The molecule has 192 valence electrons. The van der Waals surface area contributed by atoms with Crippen molar-refractivity contribution in [2.24, 2.45) is 0 Å². The van der Waals surface area contributed by atoms with Gasteiger partial charge in [-0.25, -0.2) is 0 Å². The molecule has 0 unspecified atom stereocenters. The summed E-state index contributed by atoms with van der Waals surface area (Å²) in [5.74, 6) is 0. The number of rotatable bonds is 0. The standard InChI is InChI=1S/C32H44N4/c1-20-12-24(5)31-27(14-20)17-28-15-21(2)13-25(6)32(28)36-11-9-34-19-30-23(4)16-22(3)29(26(30)7)18-33-8-10-35-31/h12-16,33-36H,8-11,17-19H2,1-7H3. The van der Waals surface area contributed by atoms with Gasteiger partial charge in [0.1, 0.15) is 0 Å². The van der Waals surface area contributed by atoms with Gasteiger partial charge in [-0.15, -0.1) is 0 Å². The third kappa shape index (κ3) is 5.93. The summed E-state index contributed by atoms with van der Waals surface area (Å²) in [5.41, 5.74) is 17.6. The van der Waals surface area contributed by atoms with E-state index >= 15 is 0 Å². The average Bonchev–Trinajstić information content (AvgIpc) is 2.79. The van der Waals surface area contributed by atoms with Crippen LogP contribution in [0, 0.1) is 48.5 Å². The van der Waals surface area contributed by atoms with Crippen molar-refractivity contribution >= 4 is 11.4 Å². The van der Waals surface area contributed by atoms with Crippen molar-refractivity contribution in [2.45, 2.75) is 68.0 Å². The Hall–Kier alpha value is -2.82. The fourth-order valence-electron chi connectivity index (χ4n) is 5.90.